The number of hydrogen-bond donors (Lipinski definition) is 1. The molecule has 2 N–H and O–H groups in total. The predicted molar refractivity (Wildman–Crippen MR) is 82.3 cm³/mol. The molecule has 1 unspecified atom stereocenters. The summed E-state index contributed by atoms with van der Waals surface area (Å²) in [5.41, 5.74) is 7.79. The van der Waals surface area contributed by atoms with Crippen molar-refractivity contribution in [1.82, 2.24) is 0 Å². The Bertz CT molecular complexity index is 571. The Hall–Kier alpha value is -1.39. The lowest BCUT2D eigenvalue weighted by atomic mass is 9.99. The van der Waals surface area contributed by atoms with Crippen LogP contribution in [-0.2, 0) is 6.42 Å². The first kappa shape index (κ1) is 15.0. The lowest BCUT2D eigenvalue weighted by Crippen LogP contribution is -2.13. The van der Waals surface area contributed by atoms with Gasteiger partial charge in [0.1, 0.15) is 11.6 Å². The van der Waals surface area contributed by atoms with Crippen LogP contribution in [0.1, 0.15) is 23.6 Å². The van der Waals surface area contributed by atoms with E-state index in [0.29, 0.717) is 12.0 Å². The molecule has 0 spiro atoms. The normalized spacial score (nSPS) is 12.2. The number of halogens is 2. The van der Waals surface area contributed by atoms with Crippen molar-refractivity contribution in [2.75, 3.05) is 7.11 Å². The minimum Gasteiger partial charge on any atom is -0.497 e. The molecule has 0 fully saturated rings. The fraction of sp³-hybridized carbons (Fsp3) is 0.250. The summed E-state index contributed by atoms with van der Waals surface area (Å²) in [6, 6.07) is 12.5. The van der Waals surface area contributed by atoms with Crippen molar-refractivity contribution in [2.45, 2.75) is 18.9 Å². The maximum absolute atomic E-state index is 13.8. The van der Waals surface area contributed by atoms with Gasteiger partial charge in [0.15, 0.2) is 0 Å². The van der Waals surface area contributed by atoms with Gasteiger partial charge in [0, 0.05) is 16.1 Å². The number of rotatable bonds is 5. The third-order valence-corrected chi connectivity index (χ3v) is 3.76. The van der Waals surface area contributed by atoms with Gasteiger partial charge < -0.3 is 10.5 Å². The molecule has 0 radical (unpaired) electrons. The second-order valence-corrected chi connectivity index (χ2v) is 5.57. The number of hydrogen-bond acceptors (Lipinski definition) is 2. The molecule has 0 heterocycles. The molecular weight excluding hydrogens is 321 g/mol. The largest absolute Gasteiger partial charge is 0.497 e. The van der Waals surface area contributed by atoms with Crippen LogP contribution in [0.3, 0.4) is 0 Å². The van der Waals surface area contributed by atoms with Gasteiger partial charge >= 0.3 is 0 Å². The molecular formula is C16H17BrFNO. The molecule has 0 amide bonds. The van der Waals surface area contributed by atoms with E-state index in [1.54, 1.807) is 13.2 Å². The van der Waals surface area contributed by atoms with Crippen LogP contribution >= 0.6 is 15.9 Å². The van der Waals surface area contributed by atoms with E-state index in [4.69, 9.17) is 10.5 Å². The molecule has 0 aliphatic rings. The zero-order valence-corrected chi connectivity index (χ0v) is 12.9. The summed E-state index contributed by atoms with van der Waals surface area (Å²) in [6.07, 6.45) is 1.51. The van der Waals surface area contributed by atoms with Crippen molar-refractivity contribution in [3.63, 3.8) is 0 Å². The van der Waals surface area contributed by atoms with Gasteiger partial charge in [-0.25, -0.2) is 4.39 Å². The Morgan fingerprint density at radius 2 is 1.90 bits per heavy atom. The maximum Gasteiger partial charge on any atom is 0.129 e. The molecule has 2 aromatic rings. The van der Waals surface area contributed by atoms with Gasteiger partial charge in [0.25, 0.3) is 0 Å². The van der Waals surface area contributed by atoms with Crippen LogP contribution in [0, 0.1) is 5.82 Å². The van der Waals surface area contributed by atoms with Gasteiger partial charge in [-0.15, -0.1) is 0 Å². The average Bonchev–Trinajstić information content (AvgIpc) is 2.45. The molecule has 106 valence electrons. The molecule has 4 heteroatoms. The van der Waals surface area contributed by atoms with Gasteiger partial charge in [0.05, 0.1) is 7.11 Å². The molecule has 0 aliphatic heterocycles. The van der Waals surface area contributed by atoms with Crippen LogP contribution in [0.5, 0.6) is 5.75 Å². The second-order valence-electron chi connectivity index (χ2n) is 4.66. The zero-order valence-electron chi connectivity index (χ0n) is 11.3. The number of nitrogens with two attached hydrogens (primary N) is 1. The summed E-state index contributed by atoms with van der Waals surface area (Å²) in [4.78, 5) is 0. The first-order valence-corrected chi connectivity index (χ1v) is 7.23. The standard InChI is InChI=1S/C16H17BrFNO/c1-20-13-6-2-11(3-7-13)4-9-16(19)14-8-5-12(17)10-15(14)18/h2-3,5-8,10,16H,4,9,19H2,1H3. The molecule has 2 aromatic carbocycles. The molecule has 0 saturated heterocycles. The molecule has 0 aromatic heterocycles. The van der Waals surface area contributed by atoms with Crippen molar-refractivity contribution in [2.24, 2.45) is 5.73 Å². The summed E-state index contributed by atoms with van der Waals surface area (Å²) in [7, 11) is 1.64. The van der Waals surface area contributed by atoms with Crippen molar-refractivity contribution < 1.29 is 9.13 Å². The van der Waals surface area contributed by atoms with Gasteiger partial charge in [0.2, 0.25) is 0 Å². The van der Waals surface area contributed by atoms with Crippen LogP contribution in [0.2, 0.25) is 0 Å². The van der Waals surface area contributed by atoms with E-state index >= 15 is 0 Å². The summed E-state index contributed by atoms with van der Waals surface area (Å²) in [6.45, 7) is 0. The third kappa shape index (κ3) is 3.81. The van der Waals surface area contributed by atoms with E-state index < -0.39 is 0 Å². The van der Waals surface area contributed by atoms with Crippen molar-refractivity contribution in [1.29, 1.82) is 0 Å². The minimum atomic E-state index is -0.301. The summed E-state index contributed by atoms with van der Waals surface area (Å²) >= 11 is 3.24. The van der Waals surface area contributed by atoms with Crippen molar-refractivity contribution >= 4 is 15.9 Å². The van der Waals surface area contributed by atoms with Crippen LogP contribution in [0.4, 0.5) is 4.39 Å². The lowest BCUT2D eigenvalue weighted by Gasteiger charge is -2.13. The van der Waals surface area contributed by atoms with Crippen LogP contribution in [0.25, 0.3) is 0 Å². The third-order valence-electron chi connectivity index (χ3n) is 3.27. The zero-order chi connectivity index (χ0) is 14.5. The summed E-state index contributed by atoms with van der Waals surface area (Å²) in [5, 5.41) is 0. The Morgan fingerprint density at radius 3 is 2.50 bits per heavy atom. The highest BCUT2D eigenvalue weighted by Crippen LogP contribution is 2.23. The second kappa shape index (κ2) is 6.86. The topological polar surface area (TPSA) is 35.2 Å². The van der Waals surface area contributed by atoms with E-state index in [-0.39, 0.29) is 11.9 Å². The lowest BCUT2D eigenvalue weighted by molar-refractivity contribution is 0.414. The maximum atomic E-state index is 13.8. The number of ether oxygens (including phenoxy) is 1. The smallest absolute Gasteiger partial charge is 0.129 e. The van der Waals surface area contributed by atoms with Crippen LogP contribution < -0.4 is 10.5 Å². The minimum absolute atomic E-state index is 0.262. The molecule has 0 aliphatic carbocycles. The van der Waals surface area contributed by atoms with Crippen LogP contribution in [0.15, 0.2) is 46.9 Å². The quantitative estimate of drug-likeness (QED) is 0.886. The van der Waals surface area contributed by atoms with Gasteiger partial charge in [-0.3, -0.25) is 0 Å². The SMILES string of the molecule is COc1ccc(CCC(N)c2ccc(Br)cc2F)cc1. The molecule has 1 atom stereocenters. The fourth-order valence-electron chi connectivity index (χ4n) is 2.07. The molecule has 2 nitrogen and oxygen atoms in total. The highest BCUT2D eigenvalue weighted by Gasteiger charge is 2.11. The van der Waals surface area contributed by atoms with E-state index in [2.05, 4.69) is 15.9 Å². The highest BCUT2D eigenvalue weighted by molar-refractivity contribution is 9.10. The number of methoxy groups -OCH3 is 1. The molecule has 0 bridgehead atoms. The first-order valence-electron chi connectivity index (χ1n) is 6.43. The Morgan fingerprint density at radius 1 is 1.20 bits per heavy atom. The fourth-order valence-corrected chi connectivity index (χ4v) is 2.41. The number of benzene rings is 2. The van der Waals surface area contributed by atoms with E-state index in [0.717, 1.165) is 16.6 Å². The van der Waals surface area contributed by atoms with Gasteiger partial charge in [-0.1, -0.05) is 34.1 Å². The predicted octanol–water partition coefficient (Wildman–Crippen LogP) is 4.23. The summed E-state index contributed by atoms with van der Waals surface area (Å²) < 4.78 is 19.6. The van der Waals surface area contributed by atoms with Crippen LogP contribution in [-0.4, -0.2) is 7.11 Å². The Kier molecular flexibility index (Phi) is 5.15. The van der Waals surface area contributed by atoms with E-state index in [1.165, 1.54) is 11.6 Å². The monoisotopic (exact) mass is 337 g/mol. The molecule has 2 rings (SSSR count). The molecule has 0 saturated carbocycles. The molecule has 20 heavy (non-hydrogen) atoms. The highest BCUT2D eigenvalue weighted by atomic mass is 79.9. The number of aryl methyl sites for hydroxylation is 1. The van der Waals surface area contributed by atoms with E-state index in [9.17, 15) is 4.39 Å². The first-order chi connectivity index (χ1) is 9.60. The summed E-state index contributed by atoms with van der Waals surface area (Å²) in [5.74, 6) is 0.568. The van der Waals surface area contributed by atoms with Gasteiger partial charge in [-0.05, 0) is 42.7 Å². The average molecular weight is 338 g/mol. The van der Waals surface area contributed by atoms with Gasteiger partial charge in [-0.2, -0.15) is 0 Å². The van der Waals surface area contributed by atoms with Crippen molar-refractivity contribution in [3.8, 4) is 5.75 Å². The Balaban J connectivity index is 1.98. The Labute approximate surface area is 126 Å². The van der Waals surface area contributed by atoms with E-state index in [1.807, 2.05) is 30.3 Å². The van der Waals surface area contributed by atoms with Crippen molar-refractivity contribution in [3.05, 3.63) is 63.9 Å².